The summed E-state index contributed by atoms with van der Waals surface area (Å²) < 4.78 is 0. The van der Waals surface area contributed by atoms with E-state index in [1.807, 2.05) is 37.6 Å². The molecular formula is C11H20BrNO2S. The zero-order valence-electron chi connectivity index (χ0n) is 10.2. The highest BCUT2D eigenvalue weighted by Crippen LogP contribution is 2.24. The predicted octanol–water partition coefficient (Wildman–Crippen LogP) is 2.69. The molecule has 0 saturated carbocycles. The van der Waals surface area contributed by atoms with Gasteiger partial charge in [0, 0.05) is 29.4 Å². The minimum absolute atomic E-state index is 0.142. The second-order valence-electron chi connectivity index (χ2n) is 4.99. The first-order chi connectivity index (χ1) is 7.43. The second-order valence-corrected chi connectivity index (χ2v) is 7.19. The Morgan fingerprint density at radius 2 is 2.25 bits per heavy atom. The molecule has 0 N–H and O–H groups in total. The van der Waals surface area contributed by atoms with Crippen LogP contribution in [-0.4, -0.2) is 40.5 Å². The highest BCUT2D eigenvalue weighted by atomic mass is 79.9. The van der Waals surface area contributed by atoms with Gasteiger partial charge < -0.3 is 4.84 Å². The van der Waals surface area contributed by atoms with Crippen molar-refractivity contribution in [1.29, 1.82) is 0 Å². The van der Waals surface area contributed by atoms with Gasteiger partial charge in [-0.1, -0.05) is 15.9 Å². The summed E-state index contributed by atoms with van der Waals surface area (Å²) in [7, 11) is 0. The fourth-order valence-corrected chi connectivity index (χ4v) is 3.38. The molecule has 0 spiro atoms. The number of hydrogen-bond acceptors (Lipinski definition) is 4. The molecule has 1 fully saturated rings. The largest absolute Gasteiger partial charge is 0.367 e. The van der Waals surface area contributed by atoms with Gasteiger partial charge in [0.2, 0.25) is 0 Å². The van der Waals surface area contributed by atoms with Gasteiger partial charge in [0.25, 0.3) is 0 Å². The molecule has 0 aromatic carbocycles. The Balaban J connectivity index is 2.40. The lowest BCUT2D eigenvalue weighted by Gasteiger charge is -2.32. The lowest BCUT2D eigenvalue weighted by Crippen LogP contribution is -2.41. The van der Waals surface area contributed by atoms with Crippen LogP contribution >= 0.6 is 27.7 Å². The van der Waals surface area contributed by atoms with Crippen molar-refractivity contribution < 1.29 is 9.63 Å². The van der Waals surface area contributed by atoms with Gasteiger partial charge in [-0.25, -0.2) is 4.79 Å². The molecular weight excluding hydrogens is 290 g/mol. The topological polar surface area (TPSA) is 29.5 Å². The number of carbonyl (C=O) groups is 1. The summed E-state index contributed by atoms with van der Waals surface area (Å²) >= 11 is 5.41. The lowest BCUT2D eigenvalue weighted by molar-refractivity contribution is -0.199. The average molecular weight is 310 g/mol. The van der Waals surface area contributed by atoms with Gasteiger partial charge in [0.1, 0.15) is 0 Å². The van der Waals surface area contributed by atoms with E-state index in [1.165, 1.54) is 0 Å². The quantitative estimate of drug-likeness (QED) is 0.750. The summed E-state index contributed by atoms with van der Waals surface area (Å²) in [5.41, 5.74) is -0.421. The predicted molar refractivity (Wildman–Crippen MR) is 71.8 cm³/mol. The van der Waals surface area contributed by atoms with Crippen LogP contribution in [0.25, 0.3) is 0 Å². The smallest absolute Gasteiger partial charge is 0.330 e. The summed E-state index contributed by atoms with van der Waals surface area (Å²) in [5, 5.41) is 3.39. The van der Waals surface area contributed by atoms with Crippen molar-refractivity contribution in [2.24, 2.45) is 5.41 Å². The van der Waals surface area contributed by atoms with E-state index in [-0.39, 0.29) is 5.97 Å². The number of nitrogens with zero attached hydrogens (tertiary/aromatic N) is 1. The van der Waals surface area contributed by atoms with Crippen LogP contribution in [0.4, 0.5) is 0 Å². The molecule has 1 rings (SSSR count). The van der Waals surface area contributed by atoms with Crippen LogP contribution in [0.5, 0.6) is 0 Å². The third-order valence-corrected chi connectivity index (χ3v) is 4.09. The van der Waals surface area contributed by atoms with Crippen LogP contribution in [0.1, 0.15) is 27.2 Å². The zero-order valence-corrected chi connectivity index (χ0v) is 12.6. The number of rotatable bonds is 3. The van der Waals surface area contributed by atoms with Gasteiger partial charge in [-0.3, -0.25) is 0 Å². The Labute approximate surface area is 110 Å². The summed E-state index contributed by atoms with van der Waals surface area (Å²) in [6, 6.07) is 0. The number of hydroxylamine groups is 2. The minimum atomic E-state index is -0.421. The van der Waals surface area contributed by atoms with Crippen LogP contribution < -0.4 is 0 Å². The molecule has 1 atom stereocenters. The molecule has 1 aliphatic rings. The monoisotopic (exact) mass is 309 g/mol. The first kappa shape index (κ1) is 14.3. The molecule has 0 radical (unpaired) electrons. The van der Waals surface area contributed by atoms with Crippen LogP contribution in [0.3, 0.4) is 0 Å². The molecule has 0 aliphatic carbocycles. The van der Waals surface area contributed by atoms with E-state index in [0.29, 0.717) is 5.25 Å². The Bertz CT molecular complexity index is 241. The van der Waals surface area contributed by atoms with E-state index in [0.717, 1.165) is 30.6 Å². The lowest BCUT2D eigenvalue weighted by atomic mass is 9.98. The summed E-state index contributed by atoms with van der Waals surface area (Å²) in [5.74, 6) is 0.895. The fraction of sp³-hybridized carbons (Fsp3) is 0.909. The average Bonchev–Trinajstić information content (AvgIpc) is 2.17. The van der Waals surface area contributed by atoms with E-state index in [9.17, 15) is 4.79 Å². The molecule has 5 heteroatoms. The van der Waals surface area contributed by atoms with E-state index in [1.54, 1.807) is 0 Å². The van der Waals surface area contributed by atoms with Crippen molar-refractivity contribution in [1.82, 2.24) is 5.06 Å². The molecule has 16 heavy (non-hydrogen) atoms. The van der Waals surface area contributed by atoms with Crippen LogP contribution in [0.2, 0.25) is 0 Å². The molecule has 0 aromatic heterocycles. The van der Waals surface area contributed by atoms with Gasteiger partial charge in [0.05, 0.1) is 5.41 Å². The fourth-order valence-electron chi connectivity index (χ4n) is 1.33. The maximum atomic E-state index is 11.7. The highest BCUT2D eigenvalue weighted by molar-refractivity contribution is 9.09. The maximum absolute atomic E-state index is 11.7. The molecule has 0 bridgehead atoms. The Kier molecular flexibility index (Phi) is 5.61. The first-order valence-electron chi connectivity index (χ1n) is 5.58. The van der Waals surface area contributed by atoms with Gasteiger partial charge in [-0.2, -0.15) is 11.8 Å². The molecule has 0 aromatic rings. The van der Waals surface area contributed by atoms with Crippen molar-refractivity contribution in [3.63, 3.8) is 0 Å². The van der Waals surface area contributed by atoms with Gasteiger partial charge in [-0.15, -0.1) is 5.06 Å². The van der Waals surface area contributed by atoms with Crippen molar-refractivity contribution in [2.45, 2.75) is 32.4 Å². The number of hydrogen-bond donors (Lipinski definition) is 0. The second kappa shape index (κ2) is 6.26. The maximum Gasteiger partial charge on any atom is 0.330 e. The minimum Gasteiger partial charge on any atom is -0.367 e. The summed E-state index contributed by atoms with van der Waals surface area (Å²) in [6.45, 7) is 7.32. The molecule has 1 unspecified atom stereocenters. The molecule has 0 amide bonds. The van der Waals surface area contributed by atoms with E-state index in [4.69, 9.17) is 4.84 Å². The van der Waals surface area contributed by atoms with Gasteiger partial charge in [-0.05, 0) is 27.2 Å². The van der Waals surface area contributed by atoms with Gasteiger partial charge >= 0.3 is 5.97 Å². The standard InChI is InChI=1S/C11H20BrNO2S/c1-11(2,3)10(14)15-13-6-7-16-9(8-13)4-5-12/h9H,4-8H2,1-3H3. The van der Waals surface area contributed by atoms with Crippen LogP contribution in [0.15, 0.2) is 0 Å². The van der Waals surface area contributed by atoms with Gasteiger partial charge in [0.15, 0.2) is 0 Å². The molecule has 94 valence electrons. The first-order valence-corrected chi connectivity index (χ1v) is 7.75. The number of thioether (sulfide) groups is 1. The number of halogens is 1. The Morgan fingerprint density at radius 3 is 2.81 bits per heavy atom. The van der Waals surface area contributed by atoms with Crippen molar-refractivity contribution in [3.8, 4) is 0 Å². The molecule has 1 saturated heterocycles. The summed E-state index contributed by atoms with van der Waals surface area (Å²) in [6.07, 6.45) is 1.12. The zero-order chi connectivity index (χ0) is 12.2. The van der Waals surface area contributed by atoms with E-state index < -0.39 is 5.41 Å². The van der Waals surface area contributed by atoms with Crippen molar-refractivity contribution in [3.05, 3.63) is 0 Å². The SMILES string of the molecule is CC(C)(C)C(=O)ON1CCSC(CCBr)C1. The third kappa shape index (κ3) is 4.63. The highest BCUT2D eigenvalue weighted by Gasteiger charge is 2.28. The third-order valence-electron chi connectivity index (χ3n) is 2.36. The van der Waals surface area contributed by atoms with Crippen LogP contribution in [0, 0.1) is 5.41 Å². The number of carbonyl (C=O) groups excluding carboxylic acids is 1. The van der Waals surface area contributed by atoms with Crippen LogP contribution in [-0.2, 0) is 9.63 Å². The van der Waals surface area contributed by atoms with E-state index in [2.05, 4.69) is 15.9 Å². The molecule has 1 aliphatic heterocycles. The normalized spacial score (nSPS) is 23.1. The van der Waals surface area contributed by atoms with E-state index >= 15 is 0 Å². The molecule has 1 heterocycles. The summed E-state index contributed by atoms with van der Waals surface area (Å²) in [4.78, 5) is 17.1. The Hall–Kier alpha value is 0.260. The Morgan fingerprint density at radius 1 is 1.56 bits per heavy atom. The number of alkyl halides is 1. The van der Waals surface area contributed by atoms with Crippen molar-refractivity contribution in [2.75, 3.05) is 24.2 Å². The molecule has 3 nitrogen and oxygen atoms in total. The van der Waals surface area contributed by atoms with Crippen molar-refractivity contribution >= 4 is 33.7 Å².